The van der Waals surface area contributed by atoms with E-state index in [4.69, 9.17) is 0 Å². The molecule has 4 heteroatoms. The van der Waals surface area contributed by atoms with Gasteiger partial charge in [-0.3, -0.25) is 4.68 Å². The summed E-state index contributed by atoms with van der Waals surface area (Å²) in [7, 11) is 0. The molecule has 1 fully saturated rings. The summed E-state index contributed by atoms with van der Waals surface area (Å²) in [4.78, 5) is 0. The minimum absolute atomic E-state index is 0.167. The Kier molecular flexibility index (Phi) is 4.36. The van der Waals surface area contributed by atoms with E-state index in [1.807, 2.05) is 16.9 Å². The smallest absolute Gasteiger partial charge is 0.0693 e. The number of hydrogen-bond donors (Lipinski definition) is 2. The molecule has 1 aliphatic rings. The zero-order valence-corrected chi connectivity index (χ0v) is 9.68. The number of rotatable bonds is 4. The lowest BCUT2D eigenvalue weighted by Gasteiger charge is -2.21. The third-order valence-corrected chi connectivity index (χ3v) is 3.29. The van der Waals surface area contributed by atoms with Crippen molar-refractivity contribution in [2.75, 3.05) is 6.54 Å². The highest BCUT2D eigenvalue weighted by molar-refractivity contribution is 4.80. The summed E-state index contributed by atoms with van der Waals surface area (Å²) in [6.07, 6.45) is 9.29. The molecule has 1 aliphatic carbocycles. The molecule has 16 heavy (non-hydrogen) atoms. The van der Waals surface area contributed by atoms with Crippen molar-refractivity contribution in [3.05, 3.63) is 18.5 Å². The van der Waals surface area contributed by atoms with Crippen molar-refractivity contribution in [2.45, 2.75) is 50.8 Å². The predicted octanol–water partition coefficient (Wildman–Crippen LogP) is 1.17. The van der Waals surface area contributed by atoms with Crippen molar-refractivity contribution >= 4 is 0 Å². The second kappa shape index (κ2) is 6.01. The Morgan fingerprint density at radius 1 is 1.31 bits per heavy atom. The Balaban J connectivity index is 1.71. The molecule has 1 heterocycles. The predicted molar refractivity (Wildman–Crippen MR) is 63.1 cm³/mol. The summed E-state index contributed by atoms with van der Waals surface area (Å²) in [5.41, 5.74) is 0. The molecule has 1 saturated carbocycles. The monoisotopic (exact) mass is 223 g/mol. The number of aliphatic hydroxyl groups excluding tert-OH is 1. The molecule has 0 aromatic carbocycles. The van der Waals surface area contributed by atoms with Crippen LogP contribution in [0.15, 0.2) is 18.5 Å². The van der Waals surface area contributed by atoms with Crippen LogP contribution in [0.25, 0.3) is 0 Å². The lowest BCUT2D eigenvalue weighted by Crippen LogP contribution is -2.40. The first-order valence-electron chi connectivity index (χ1n) is 6.25. The summed E-state index contributed by atoms with van der Waals surface area (Å²) in [5.74, 6) is 0. The van der Waals surface area contributed by atoms with Gasteiger partial charge in [0, 0.05) is 25.0 Å². The van der Waals surface area contributed by atoms with E-state index in [0.29, 0.717) is 0 Å². The lowest BCUT2D eigenvalue weighted by molar-refractivity contribution is 0.119. The lowest BCUT2D eigenvalue weighted by atomic mass is 10.1. The van der Waals surface area contributed by atoms with Gasteiger partial charge in [-0.05, 0) is 18.9 Å². The van der Waals surface area contributed by atoms with E-state index < -0.39 is 0 Å². The molecule has 0 aliphatic heterocycles. The fourth-order valence-corrected chi connectivity index (χ4v) is 2.32. The van der Waals surface area contributed by atoms with E-state index in [2.05, 4.69) is 10.4 Å². The summed E-state index contributed by atoms with van der Waals surface area (Å²) >= 11 is 0. The molecule has 0 saturated heterocycles. The van der Waals surface area contributed by atoms with Gasteiger partial charge >= 0.3 is 0 Å². The molecule has 0 spiro atoms. The topological polar surface area (TPSA) is 50.1 Å². The van der Waals surface area contributed by atoms with Gasteiger partial charge < -0.3 is 10.4 Å². The maximum atomic E-state index is 9.92. The highest BCUT2D eigenvalue weighted by atomic mass is 16.3. The Morgan fingerprint density at radius 2 is 2.19 bits per heavy atom. The van der Waals surface area contributed by atoms with Gasteiger partial charge in [0.1, 0.15) is 0 Å². The maximum absolute atomic E-state index is 9.92. The van der Waals surface area contributed by atoms with E-state index in [-0.39, 0.29) is 12.1 Å². The Morgan fingerprint density at radius 3 is 3.00 bits per heavy atom. The number of nitrogens with one attached hydrogen (secondary N) is 1. The zero-order valence-electron chi connectivity index (χ0n) is 9.68. The van der Waals surface area contributed by atoms with E-state index in [1.54, 1.807) is 6.20 Å². The quantitative estimate of drug-likeness (QED) is 0.753. The number of nitrogens with zero attached hydrogens (tertiary/aromatic N) is 2. The van der Waals surface area contributed by atoms with Crippen LogP contribution in [-0.4, -0.2) is 33.6 Å². The molecule has 2 atom stereocenters. The normalized spacial score (nSPS) is 26.6. The van der Waals surface area contributed by atoms with Gasteiger partial charge in [0.2, 0.25) is 0 Å². The molecule has 0 radical (unpaired) electrons. The van der Waals surface area contributed by atoms with Gasteiger partial charge in [0.15, 0.2) is 0 Å². The summed E-state index contributed by atoms with van der Waals surface area (Å²) in [5, 5.41) is 17.5. The van der Waals surface area contributed by atoms with Crippen LogP contribution in [0, 0.1) is 0 Å². The minimum Gasteiger partial charge on any atom is -0.392 e. The van der Waals surface area contributed by atoms with Crippen LogP contribution in [0.1, 0.15) is 32.1 Å². The van der Waals surface area contributed by atoms with Crippen molar-refractivity contribution in [2.24, 2.45) is 0 Å². The molecular formula is C12H21N3O. The molecule has 2 N–H and O–H groups in total. The fraction of sp³-hybridized carbons (Fsp3) is 0.750. The first-order valence-corrected chi connectivity index (χ1v) is 6.25. The van der Waals surface area contributed by atoms with Crippen molar-refractivity contribution in [3.8, 4) is 0 Å². The molecule has 1 aromatic heterocycles. The van der Waals surface area contributed by atoms with Gasteiger partial charge in [-0.15, -0.1) is 0 Å². The van der Waals surface area contributed by atoms with Crippen LogP contribution < -0.4 is 5.32 Å². The van der Waals surface area contributed by atoms with Crippen molar-refractivity contribution in [1.29, 1.82) is 0 Å². The van der Waals surface area contributed by atoms with Crippen molar-refractivity contribution in [3.63, 3.8) is 0 Å². The number of aliphatic hydroxyl groups is 1. The van der Waals surface area contributed by atoms with Gasteiger partial charge in [0.05, 0.1) is 12.6 Å². The Labute approximate surface area is 96.7 Å². The van der Waals surface area contributed by atoms with Crippen molar-refractivity contribution in [1.82, 2.24) is 15.1 Å². The van der Waals surface area contributed by atoms with Crippen LogP contribution in [0.2, 0.25) is 0 Å². The van der Waals surface area contributed by atoms with Crippen LogP contribution in [-0.2, 0) is 6.54 Å². The van der Waals surface area contributed by atoms with Gasteiger partial charge in [-0.25, -0.2) is 0 Å². The van der Waals surface area contributed by atoms with Gasteiger partial charge in [-0.1, -0.05) is 19.3 Å². The fourth-order valence-electron chi connectivity index (χ4n) is 2.32. The molecular weight excluding hydrogens is 202 g/mol. The highest BCUT2D eigenvalue weighted by Crippen LogP contribution is 2.17. The first kappa shape index (κ1) is 11.6. The molecule has 2 unspecified atom stereocenters. The van der Waals surface area contributed by atoms with Crippen molar-refractivity contribution < 1.29 is 5.11 Å². The van der Waals surface area contributed by atoms with Gasteiger partial charge in [0.25, 0.3) is 0 Å². The Bertz CT molecular complexity index is 286. The SMILES string of the molecule is OC1CCCCCC1NCCn1cccn1. The molecule has 1 aromatic rings. The van der Waals surface area contributed by atoms with Crippen LogP contribution in [0.5, 0.6) is 0 Å². The summed E-state index contributed by atoms with van der Waals surface area (Å²) in [6, 6.07) is 2.21. The van der Waals surface area contributed by atoms with Gasteiger partial charge in [-0.2, -0.15) is 5.10 Å². The summed E-state index contributed by atoms with van der Waals surface area (Å²) in [6.45, 7) is 1.75. The molecule has 2 rings (SSSR count). The van der Waals surface area contributed by atoms with E-state index in [9.17, 15) is 5.11 Å². The number of aromatic nitrogens is 2. The maximum Gasteiger partial charge on any atom is 0.0693 e. The third kappa shape index (κ3) is 3.32. The highest BCUT2D eigenvalue weighted by Gasteiger charge is 2.20. The van der Waals surface area contributed by atoms with E-state index >= 15 is 0 Å². The minimum atomic E-state index is -0.167. The molecule has 0 bridgehead atoms. The summed E-state index contributed by atoms with van der Waals surface area (Å²) < 4.78 is 1.91. The average Bonchev–Trinajstić information content (AvgIpc) is 2.71. The second-order valence-electron chi connectivity index (χ2n) is 4.54. The van der Waals surface area contributed by atoms with E-state index in [0.717, 1.165) is 25.9 Å². The standard InChI is InChI=1S/C12H21N3O/c16-12-6-3-1-2-5-11(12)13-8-10-15-9-4-7-14-15/h4,7,9,11-13,16H,1-3,5-6,8,10H2. The van der Waals surface area contributed by atoms with Crippen LogP contribution in [0.4, 0.5) is 0 Å². The molecule has 4 nitrogen and oxygen atoms in total. The number of hydrogen-bond acceptors (Lipinski definition) is 3. The first-order chi connectivity index (χ1) is 7.86. The van der Waals surface area contributed by atoms with Crippen LogP contribution in [0.3, 0.4) is 0 Å². The van der Waals surface area contributed by atoms with E-state index in [1.165, 1.54) is 19.3 Å². The zero-order chi connectivity index (χ0) is 11.2. The second-order valence-corrected chi connectivity index (χ2v) is 4.54. The average molecular weight is 223 g/mol. The molecule has 90 valence electrons. The third-order valence-electron chi connectivity index (χ3n) is 3.29. The largest absolute Gasteiger partial charge is 0.392 e. The Hall–Kier alpha value is -0.870. The van der Waals surface area contributed by atoms with Crippen LogP contribution >= 0.6 is 0 Å². The molecule has 0 amide bonds.